The van der Waals surface area contributed by atoms with E-state index in [-0.39, 0.29) is 27.6 Å². The average Bonchev–Trinajstić information content (AvgIpc) is 2.74. The maximum absolute atomic E-state index is 13.1. The Morgan fingerprint density at radius 3 is 2.52 bits per heavy atom. The van der Waals surface area contributed by atoms with Crippen LogP contribution in [-0.2, 0) is 10.0 Å². The van der Waals surface area contributed by atoms with Gasteiger partial charge in [-0.25, -0.2) is 8.42 Å². The lowest BCUT2D eigenvalue weighted by atomic mass is 10.2. The Kier molecular flexibility index (Phi) is 6.14. The van der Waals surface area contributed by atoms with E-state index >= 15 is 0 Å². The number of benzene rings is 2. The number of piperidine rings is 1. The molecule has 2 aromatic carbocycles. The van der Waals surface area contributed by atoms with E-state index in [0.29, 0.717) is 13.1 Å². The molecule has 9 nitrogen and oxygen atoms in total. The second-order valence-corrected chi connectivity index (χ2v) is 8.50. The molecule has 1 saturated heterocycles. The number of anilines is 1. The van der Waals surface area contributed by atoms with Gasteiger partial charge in [0.25, 0.3) is 11.6 Å². The van der Waals surface area contributed by atoms with Crippen molar-refractivity contribution in [3.8, 4) is 5.75 Å². The van der Waals surface area contributed by atoms with E-state index in [0.717, 1.165) is 25.3 Å². The van der Waals surface area contributed by atoms with Crippen LogP contribution in [-0.4, -0.2) is 43.8 Å². The van der Waals surface area contributed by atoms with Crippen LogP contribution in [0.3, 0.4) is 0 Å². The van der Waals surface area contributed by atoms with E-state index in [4.69, 9.17) is 4.74 Å². The number of sulfonamides is 1. The predicted octanol–water partition coefficient (Wildman–Crippen LogP) is 3.03. The molecule has 0 saturated carbocycles. The molecule has 0 radical (unpaired) electrons. The zero-order chi connectivity index (χ0) is 21.0. The van der Waals surface area contributed by atoms with E-state index in [1.165, 1.54) is 47.8 Å². The monoisotopic (exact) mass is 419 g/mol. The SMILES string of the molecule is COc1ccc(NC(=O)c2cccc([N+](=O)[O-])c2)cc1S(=O)(=O)N1CCCCC1. The number of nitrogens with one attached hydrogen (secondary N) is 1. The van der Waals surface area contributed by atoms with Gasteiger partial charge in [-0.3, -0.25) is 14.9 Å². The molecule has 1 N–H and O–H groups in total. The molecule has 0 atom stereocenters. The molecule has 0 unspecified atom stereocenters. The van der Waals surface area contributed by atoms with Crippen LogP contribution in [0, 0.1) is 10.1 Å². The van der Waals surface area contributed by atoms with E-state index in [1.807, 2.05) is 0 Å². The zero-order valence-electron chi connectivity index (χ0n) is 15.8. The molecule has 29 heavy (non-hydrogen) atoms. The van der Waals surface area contributed by atoms with E-state index in [9.17, 15) is 23.3 Å². The molecule has 154 valence electrons. The summed E-state index contributed by atoms with van der Waals surface area (Å²) < 4.78 is 32.7. The first kappa shape index (κ1) is 20.7. The van der Waals surface area contributed by atoms with Gasteiger partial charge in [0, 0.05) is 36.5 Å². The number of hydrogen-bond acceptors (Lipinski definition) is 6. The summed E-state index contributed by atoms with van der Waals surface area (Å²) >= 11 is 0. The lowest BCUT2D eigenvalue weighted by molar-refractivity contribution is -0.384. The molecule has 0 bridgehead atoms. The van der Waals surface area contributed by atoms with Crippen molar-refractivity contribution in [3.05, 3.63) is 58.1 Å². The Balaban J connectivity index is 1.89. The Morgan fingerprint density at radius 2 is 1.86 bits per heavy atom. The minimum atomic E-state index is -3.78. The summed E-state index contributed by atoms with van der Waals surface area (Å²) in [6, 6.07) is 9.63. The van der Waals surface area contributed by atoms with Gasteiger partial charge in [0.15, 0.2) is 0 Å². The minimum absolute atomic E-state index is 0.0289. The van der Waals surface area contributed by atoms with Gasteiger partial charge >= 0.3 is 0 Å². The normalized spacial score (nSPS) is 14.9. The summed E-state index contributed by atoms with van der Waals surface area (Å²) in [5.74, 6) is -0.399. The molecular weight excluding hydrogens is 398 g/mol. The summed E-state index contributed by atoms with van der Waals surface area (Å²) in [6.07, 6.45) is 2.58. The Labute approximate surface area is 168 Å². The first-order valence-electron chi connectivity index (χ1n) is 9.07. The highest BCUT2D eigenvalue weighted by Gasteiger charge is 2.29. The molecule has 0 spiro atoms. The van der Waals surface area contributed by atoms with Crippen LogP contribution in [0.2, 0.25) is 0 Å². The first-order valence-corrected chi connectivity index (χ1v) is 10.5. The molecule has 1 aliphatic heterocycles. The topological polar surface area (TPSA) is 119 Å². The van der Waals surface area contributed by atoms with E-state index in [1.54, 1.807) is 0 Å². The van der Waals surface area contributed by atoms with Gasteiger partial charge in [-0.05, 0) is 37.1 Å². The zero-order valence-corrected chi connectivity index (χ0v) is 16.6. The minimum Gasteiger partial charge on any atom is -0.495 e. The molecular formula is C19H21N3O6S. The van der Waals surface area contributed by atoms with Crippen molar-refractivity contribution in [2.45, 2.75) is 24.2 Å². The van der Waals surface area contributed by atoms with Crippen molar-refractivity contribution in [1.82, 2.24) is 4.31 Å². The molecule has 0 aliphatic carbocycles. The van der Waals surface area contributed by atoms with Crippen molar-refractivity contribution in [2.75, 3.05) is 25.5 Å². The van der Waals surface area contributed by atoms with Crippen molar-refractivity contribution in [3.63, 3.8) is 0 Å². The van der Waals surface area contributed by atoms with E-state index in [2.05, 4.69) is 5.32 Å². The highest BCUT2D eigenvalue weighted by molar-refractivity contribution is 7.89. The number of rotatable bonds is 6. The number of nitro benzene ring substituents is 1. The Hall–Kier alpha value is -2.98. The Bertz CT molecular complexity index is 1030. The number of carbonyl (C=O) groups excluding carboxylic acids is 1. The van der Waals surface area contributed by atoms with Crippen molar-refractivity contribution < 1.29 is 22.9 Å². The molecule has 0 aromatic heterocycles. The number of amides is 1. The molecule has 1 aliphatic rings. The van der Waals surface area contributed by atoms with Gasteiger partial charge in [0.05, 0.1) is 12.0 Å². The Morgan fingerprint density at radius 1 is 1.14 bits per heavy atom. The van der Waals surface area contributed by atoms with Crippen LogP contribution in [0.15, 0.2) is 47.4 Å². The van der Waals surface area contributed by atoms with Crippen LogP contribution in [0.4, 0.5) is 11.4 Å². The van der Waals surface area contributed by atoms with Gasteiger partial charge in [-0.2, -0.15) is 4.31 Å². The average molecular weight is 419 g/mol. The summed E-state index contributed by atoms with van der Waals surface area (Å²) in [5, 5.41) is 13.5. The molecule has 10 heteroatoms. The number of non-ortho nitro benzene ring substituents is 1. The van der Waals surface area contributed by atoms with Crippen LogP contribution in [0.25, 0.3) is 0 Å². The van der Waals surface area contributed by atoms with Gasteiger partial charge in [0.1, 0.15) is 10.6 Å². The third kappa shape index (κ3) is 4.54. The van der Waals surface area contributed by atoms with Crippen molar-refractivity contribution in [1.29, 1.82) is 0 Å². The lowest BCUT2D eigenvalue weighted by Crippen LogP contribution is -2.35. The van der Waals surface area contributed by atoms with Crippen LogP contribution >= 0.6 is 0 Å². The van der Waals surface area contributed by atoms with E-state index < -0.39 is 20.9 Å². The highest BCUT2D eigenvalue weighted by Crippen LogP contribution is 2.31. The molecule has 3 rings (SSSR count). The third-order valence-electron chi connectivity index (χ3n) is 4.67. The summed E-state index contributed by atoms with van der Waals surface area (Å²) in [4.78, 5) is 22.8. The fourth-order valence-electron chi connectivity index (χ4n) is 3.16. The molecule has 1 heterocycles. The third-order valence-corrected chi connectivity index (χ3v) is 6.59. The van der Waals surface area contributed by atoms with Crippen LogP contribution in [0.1, 0.15) is 29.6 Å². The van der Waals surface area contributed by atoms with Crippen molar-refractivity contribution in [2.24, 2.45) is 0 Å². The molecule has 1 fully saturated rings. The van der Waals surface area contributed by atoms with Crippen molar-refractivity contribution >= 4 is 27.3 Å². The maximum atomic E-state index is 13.1. The fraction of sp³-hybridized carbons (Fsp3) is 0.316. The first-order chi connectivity index (χ1) is 13.8. The number of methoxy groups -OCH3 is 1. The second kappa shape index (κ2) is 8.58. The number of ether oxygens (including phenoxy) is 1. The van der Waals surface area contributed by atoms with Crippen LogP contribution < -0.4 is 10.1 Å². The second-order valence-electron chi connectivity index (χ2n) is 6.59. The standard InChI is InChI=1S/C19H21N3O6S/c1-28-17-9-8-15(13-18(17)29(26,27)21-10-3-2-4-11-21)20-19(23)14-6-5-7-16(12-14)22(24)25/h5-9,12-13H,2-4,10-11H2,1H3,(H,20,23). The van der Waals surface area contributed by atoms with Gasteiger partial charge < -0.3 is 10.1 Å². The molecule has 2 aromatic rings. The van der Waals surface area contributed by atoms with Gasteiger partial charge in [-0.1, -0.05) is 12.5 Å². The number of carbonyl (C=O) groups is 1. The number of hydrogen-bond donors (Lipinski definition) is 1. The number of nitro groups is 1. The summed E-state index contributed by atoms with van der Waals surface area (Å²) in [5.41, 5.74) is 0.133. The fourth-order valence-corrected chi connectivity index (χ4v) is 4.86. The highest BCUT2D eigenvalue weighted by atomic mass is 32.2. The maximum Gasteiger partial charge on any atom is 0.270 e. The smallest absolute Gasteiger partial charge is 0.270 e. The lowest BCUT2D eigenvalue weighted by Gasteiger charge is -2.26. The van der Waals surface area contributed by atoms with Crippen LogP contribution in [0.5, 0.6) is 5.75 Å². The predicted molar refractivity (Wildman–Crippen MR) is 107 cm³/mol. The summed E-state index contributed by atoms with van der Waals surface area (Å²) in [6.45, 7) is 0.880. The molecule has 1 amide bonds. The summed E-state index contributed by atoms with van der Waals surface area (Å²) in [7, 11) is -2.40. The number of nitrogens with zero attached hydrogens (tertiary/aromatic N) is 2. The van der Waals surface area contributed by atoms with Gasteiger partial charge in [-0.15, -0.1) is 0 Å². The van der Waals surface area contributed by atoms with Gasteiger partial charge in [0.2, 0.25) is 10.0 Å². The largest absolute Gasteiger partial charge is 0.495 e. The quantitative estimate of drug-likeness (QED) is 0.568.